The molecule has 0 aliphatic rings. The van der Waals surface area contributed by atoms with Gasteiger partial charge in [-0.1, -0.05) is 11.6 Å². The Hall–Kier alpha value is -0.700. The van der Waals surface area contributed by atoms with Gasteiger partial charge in [0.2, 0.25) is 15.9 Å². The molecule has 0 atom stereocenters. The predicted molar refractivity (Wildman–Crippen MR) is 70.8 cm³/mol. The summed E-state index contributed by atoms with van der Waals surface area (Å²) in [4.78, 5) is 14.8. The summed E-state index contributed by atoms with van der Waals surface area (Å²) in [5.74, 6) is -0.417. The van der Waals surface area contributed by atoms with Gasteiger partial charge in [0.05, 0.1) is 6.54 Å². The van der Waals surface area contributed by atoms with Crippen LogP contribution in [-0.4, -0.2) is 44.3 Å². The molecule has 1 N–H and O–H groups in total. The van der Waals surface area contributed by atoms with Crippen molar-refractivity contribution in [2.75, 3.05) is 20.6 Å². The summed E-state index contributed by atoms with van der Waals surface area (Å²) in [7, 11) is -1.13. The largest absolute Gasteiger partial charge is 0.358 e. The standard InChI is InChI=1S/C9H11BrClN3O3S/c1-12-8(15)5-14(2)18(16,17)7-3-6(10)4-13-9(7)11/h3-4H,5H2,1-2H3,(H,12,15). The van der Waals surface area contributed by atoms with Gasteiger partial charge in [-0.2, -0.15) is 4.31 Å². The van der Waals surface area contributed by atoms with Crippen LogP contribution < -0.4 is 5.32 Å². The Balaban J connectivity index is 3.13. The van der Waals surface area contributed by atoms with Gasteiger partial charge in [-0.25, -0.2) is 13.4 Å². The summed E-state index contributed by atoms with van der Waals surface area (Å²) in [6, 6.07) is 1.34. The van der Waals surface area contributed by atoms with Gasteiger partial charge in [0, 0.05) is 24.8 Å². The Bertz CT molecular complexity index is 564. The van der Waals surface area contributed by atoms with E-state index < -0.39 is 15.9 Å². The van der Waals surface area contributed by atoms with Crippen molar-refractivity contribution in [1.82, 2.24) is 14.6 Å². The van der Waals surface area contributed by atoms with Crippen molar-refractivity contribution in [3.63, 3.8) is 0 Å². The first kappa shape index (κ1) is 15.4. The van der Waals surface area contributed by atoms with Crippen LogP contribution in [0.25, 0.3) is 0 Å². The molecular weight excluding hydrogens is 346 g/mol. The number of nitrogens with one attached hydrogen (secondary N) is 1. The Kier molecular flexibility index (Phi) is 5.09. The van der Waals surface area contributed by atoms with E-state index >= 15 is 0 Å². The molecule has 1 rings (SSSR count). The number of sulfonamides is 1. The van der Waals surface area contributed by atoms with Crippen LogP contribution in [0.2, 0.25) is 5.15 Å². The summed E-state index contributed by atoms with van der Waals surface area (Å²) in [6.45, 7) is -0.290. The van der Waals surface area contributed by atoms with E-state index in [0.717, 1.165) is 4.31 Å². The summed E-state index contributed by atoms with van der Waals surface area (Å²) in [5.41, 5.74) is 0. The van der Waals surface area contributed by atoms with Crippen LogP contribution in [0.15, 0.2) is 21.6 Å². The van der Waals surface area contributed by atoms with Crippen molar-refractivity contribution in [3.05, 3.63) is 21.9 Å². The fraction of sp³-hybridized carbons (Fsp3) is 0.333. The normalized spacial score (nSPS) is 11.6. The summed E-state index contributed by atoms with van der Waals surface area (Å²) < 4.78 is 25.7. The maximum atomic E-state index is 12.2. The average molecular weight is 357 g/mol. The molecule has 0 aliphatic heterocycles. The minimum Gasteiger partial charge on any atom is -0.358 e. The molecule has 0 spiro atoms. The number of carbonyl (C=O) groups excluding carboxylic acids is 1. The number of likely N-dealkylation sites (N-methyl/N-ethyl adjacent to an activating group) is 2. The van der Waals surface area contributed by atoms with Gasteiger partial charge < -0.3 is 5.32 Å². The first-order valence-electron chi connectivity index (χ1n) is 4.77. The lowest BCUT2D eigenvalue weighted by atomic mass is 10.5. The van der Waals surface area contributed by atoms with Crippen LogP contribution in [0, 0.1) is 0 Å². The lowest BCUT2D eigenvalue weighted by Gasteiger charge is -2.16. The number of carbonyl (C=O) groups is 1. The van der Waals surface area contributed by atoms with Crippen molar-refractivity contribution >= 4 is 43.5 Å². The van der Waals surface area contributed by atoms with Crippen molar-refractivity contribution in [2.45, 2.75) is 4.90 Å². The number of hydrogen-bond acceptors (Lipinski definition) is 4. The van der Waals surface area contributed by atoms with Gasteiger partial charge in [-0.05, 0) is 22.0 Å². The predicted octanol–water partition coefficient (Wildman–Crippen LogP) is 0.864. The second-order valence-electron chi connectivity index (χ2n) is 3.38. The molecular formula is C9H11BrClN3O3S. The number of nitrogens with zero attached hydrogens (tertiary/aromatic N) is 2. The fourth-order valence-electron chi connectivity index (χ4n) is 1.12. The highest BCUT2D eigenvalue weighted by Crippen LogP contribution is 2.24. The molecule has 1 aromatic rings. The van der Waals surface area contributed by atoms with Gasteiger partial charge in [0.15, 0.2) is 0 Å². The molecule has 0 saturated heterocycles. The van der Waals surface area contributed by atoms with Crippen molar-refractivity contribution in [1.29, 1.82) is 0 Å². The van der Waals surface area contributed by atoms with E-state index in [-0.39, 0.29) is 16.6 Å². The molecule has 1 heterocycles. The Morgan fingerprint density at radius 2 is 2.22 bits per heavy atom. The summed E-state index contributed by atoms with van der Waals surface area (Å²) in [5, 5.41) is 2.21. The Labute approximate surface area is 119 Å². The number of halogens is 2. The molecule has 0 unspecified atom stereocenters. The van der Waals surface area contributed by atoms with E-state index in [2.05, 4.69) is 26.2 Å². The highest BCUT2D eigenvalue weighted by molar-refractivity contribution is 9.10. The average Bonchev–Trinajstić information content (AvgIpc) is 2.31. The van der Waals surface area contributed by atoms with Crippen LogP contribution in [0.5, 0.6) is 0 Å². The quantitative estimate of drug-likeness (QED) is 0.812. The molecule has 100 valence electrons. The van der Waals surface area contributed by atoms with Crippen LogP contribution in [-0.2, 0) is 14.8 Å². The number of amides is 1. The first-order valence-corrected chi connectivity index (χ1v) is 7.38. The summed E-state index contributed by atoms with van der Waals surface area (Å²) >= 11 is 8.88. The first-order chi connectivity index (χ1) is 8.28. The maximum absolute atomic E-state index is 12.2. The maximum Gasteiger partial charge on any atom is 0.246 e. The molecule has 0 fully saturated rings. The third-order valence-corrected chi connectivity index (χ3v) is 4.77. The van der Waals surface area contributed by atoms with E-state index in [1.807, 2.05) is 0 Å². The molecule has 0 bridgehead atoms. The molecule has 6 nitrogen and oxygen atoms in total. The van der Waals surface area contributed by atoms with E-state index in [0.29, 0.717) is 4.47 Å². The highest BCUT2D eigenvalue weighted by Gasteiger charge is 2.26. The van der Waals surface area contributed by atoms with Crippen LogP contribution in [0.3, 0.4) is 0 Å². The monoisotopic (exact) mass is 355 g/mol. The third kappa shape index (κ3) is 3.41. The fourth-order valence-corrected chi connectivity index (χ4v) is 3.16. The summed E-state index contributed by atoms with van der Waals surface area (Å²) in [6.07, 6.45) is 1.39. The van der Waals surface area contributed by atoms with Gasteiger partial charge in [-0.15, -0.1) is 0 Å². The molecule has 1 aromatic heterocycles. The molecule has 18 heavy (non-hydrogen) atoms. The van der Waals surface area contributed by atoms with E-state index in [1.54, 1.807) is 0 Å². The number of aromatic nitrogens is 1. The molecule has 0 radical (unpaired) electrons. The molecule has 1 amide bonds. The number of pyridine rings is 1. The second-order valence-corrected chi connectivity index (χ2v) is 6.66. The number of rotatable bonds is 4. The van der Waals surface area contributed by atoms with Crippen molar-refractivity contribution < 1.29 is 13.2 Å². The zero-order valence-corrected chi connectivity index (χ0v) is 12.8. The van der Waals surface area contributed by atoms with E-state index in [1.165, 1.54) is 26.4 Å². The minimum atomic E-state index is -3.85. The Morgan fingerprint density at radius 3 is 2.78 bits per heavy atom. The topological polar surface area (TPSA) is 79.4 Å². The minimum absolute atomic E-state index is 0.137. The van der Waals surface area contributed by atoms with Gasteiger partial charge in [-0.3, -0.25) is 4.79 Å². The van der Waals surface area contributed by atoms with Gasteiger partial charge >= 0.3 is 0 Å². The molecule has 0 aromatic carbocycles. The molecule has 0 saturated carbocycles. The van der Waals surface area contributed by atoms with Gasteiger partial charge in [0.1, 0.15) is 10.0 Å². The number of hydrogen-bond donors (Lipinski definition) is 1. The smallest absolute Gasteiger partial charge is 0.246 e. The lowest BCUT2D eigenvalue weighted by Crippen LogP contribution is -2.37. The van der Waals surface area contributed by atoms with Crippen molar-refractivity contribution in [2.24, 2.45) is 0 Å². The SMILES string of the molecule is CNC(=O)CN(C)S(=O)(=O)c1cc(Br)cnc1Cl. The van der Waals surface area contributed by atoms with Crippen LogP contribution in [0.1, 0.15) is 0 Å². The zero-order valence-electron chi connectivity index (χ0n) is 9.65. The lowest BCUT2D eigenvalue weighted by molar-refractivity contribution is -0.120. The van der Waals surface area contributed by atoms with Crippen LogP contribution >= 0.6 is 27.5 Å². The van der Waals surface area contributed by atoms with E-state index in [4.69, 9.17) is 11.6 Å². The molecule has 0 aliphatic carbocycles. The second kappa shape index (κ2) is 5.96. The van der Waals surface area contributed by atoms with Crippen molar-refractivity contribution in [3.8, 4) is 0 Å². The van der Waals surface area contributed by atoms with Gasteiger partial charge in [0.25, 0.3) is 0 Å². The van der Waals surface area contributed by atoms with Crippen LogP contribution in [0.4, 0.5) is 0 Å². The highest BCUT2D eigenvalue weighted by atomic mass is 79.9. The zero-order chi connectivity index (χ0) is 13.9. The third-order valence-electron chi connectivity index (χ3n) is 2.11. The van der Waals surface area contributed by atoms with E-state index in [9.17, 15) is 13.2 Å². The molecule has 9 heteroatoms. The Morgan fingerprint density at radius 1 is 1.61 bits per heavy atom.